The summed E-state index contributed by atoms with van der Waals surface area (Å²) in [5, 5.41) is 11.6. The zero-order chi connectivity index (χ0) is 19.4. The van der Waals surface area contributed by atoms with E-state index in [1.54, 1.807) is 36.4 Å². The standard InChI is InChI=1S/C20H21N3O3S/c1-15-5-4-10-23(14-15)27(25,26)19-9-3-7-17(12-19)20(24)22-18-8-2-6-16(11-18)13-21/h2-3,6-9,11-12,15H,4-5,10,14H2,1H3,(H,22,24). The van der Waals surface area contributed by atoms with Gasteiger partial charge in [0.25, 0.3) is 5.91 Å². The summed E-state index contributed by atoms with van der Waals surface area (Å²) in [5.74, 6) is -0.0958. The van der Waals surface area contributed by atoms with Crippen molar-refractivity contribution in [3.63, 3.8) is 0 Å². The molecule has 0 spiro atoms. The number of carbonyl (C=O) groups is 1. The van der Waals surface area contributed by atoms with Gasteiger partial charge in [0.05, 0.1) is 16.5 Å². The zero-order valence-corrected chi connectivity index (χ0v) is 15.9. The van der Waals surface area contributed by atoms with Crippen LogP contribution >= 0.6 is 0 Å². The highest BCUT2D eigenvalue weighted by Gasteiger charge is 2.29. The summed E-state index contributed by atoms with van der Waals surface area (Å²) in [7, 11) is -3.62. The van der Waals surface area contributed by atoms with Gasteiger partial charge in [-0.15, -0.1) is 0 Å². The SMILES string of the molecule is CC1CCCN(S(=O)(=O)c2cccc(C(=O)Nc3cccc(C#N)c3)c2)C1. The fourth-order valence-electron chi connectivity index (χ4n) is 3.18. The minimum Gasteiger partial charge on any atom is -0.322 e. The first-order valence-electron chi connectivity index (χ1n) is 8.82. The highest BCUT2D eigenvalue weighted by Crippen LogP contribution is 2.24. The maximum Gasteiger partial charge on any atom is 0.255 e. The lowest BCUT2D eigenvalue weighted by atomic mass is 10.0. The van der Waals surface area contributed by atoms with Crippen LogP contribution in [0.4, 0.5) is 5.69 Å². The van der Waals surface area contributed by atoms with Crippen LogP contribution in [0.1, 0.15) is 35.7 Å². The van der Waals surface area contributed by atoms with E-state index in [1.165, 1.54) is 16.4 Å². The molecule has 1 unspecified atom stereocenters. The first-order chi connectivity index (χ1) is 12.9. The van der Waals surface area contributed by atoms with Gasteiger partial charge in [-0.3, -0.25) is 4.79 Å². The molecule has 1 saturated heterocycles. The summed E-state index contributed by atoms with van der Waals surface area (Å²) in [6.07, 6.45) is 1.87. The molecule has 140 valence electrons. The number of rotatable bonds is 4. The van der Waals surface area contributed by atoms with Gasteiger partial charge in [0.15, 0.2) is 0 Å². The number of nitrogens with one attached hydrogen (secondary N) is 1. The normalized spacial score (nSPS) is 17.9. The van der Waals surface area contributed by atoms with Gasteiger partial charge in [0, 0.05) is 24.3 Å². The first kappa shape index (κ1) is 19.1. The molecule has 3 rings (SSSR count). The highest BCUT2D eigenvalue weighted by molar-refractivity contribution is 7.89. The van der Waals surface area contributed by atoms with E-state index in [0.717, 1.165) is 12.8 Å². The Balaban J connectivity index is 1.82. The maximum atomic E-state index is 12.9. The average molecular weight is 383 g/mol. The summed E-state index contributed by atoms with van der Waals surface area (Å²) in [5.41, 5.74) is 1.17. The molecule has 27 heavy (non-hydrogen) atoms. The van der Waals surface area contributed by atoms with Crippen LogP contribution in [-0.2, 0) is 10.0 Å². The van der Waals surface area contributed by atoms with Gasteiger partial charge in [-0.2, -0.15) is 9.57 Å². The van der Waals surface area contributed by atoms with E-state index in [2.05, 4.69) is 5.32 Å². The molecule has 1 aliphatic rings. The third-order valence-corrected chi connectivity index (χ3v) is 6.46. The average Bonchev–Trinajstić information content (AvgIpc) is 2.68. The Labute approximate surface area is 159 Å². The molecule has 1 atom stereocenters. The van der Waals surface area contributed by atoms with Crippen molar-refractivity contribution >= 4 is 21.6 Å². The second-order valence-corrected chi connectivity index (χ2v) is 8.72. The van der Waals surface area contributed by atoms with Crippen LogP contribution in [0, 0.1) is 17.2 Å². The Kier molecular flexibility index (Phi) is 5.59. The van der Waals surface area contributed by atoms with Crippen molar-refractivity contribution < 1.29 is 13.2 Å². The van der Waals surface area contributed by atoms with E-state index >= 15 is 0 Å². The second-order valence-electron chi connectivity index (χ2n) is 6.79. The Morgan fingerprint density at radius 1 is 1.22 bits per heavy atom. The number of carbonyl (C=O) groups excluding carboxylic acids is 1. The van der Waals surface area contributed by atoms with Gasteiger partial charge in [0.1, 0.15) is 0 Å². The molecule has 0 radical (unpaired) electrons. The molecule has 2 aromatic carbocycles. The lowest BCUT2D eigenvalue weighted by molar-refractivity contribution is 0.102. The fourth-order valence-corrected chi connectivity index (χ4v) is 4.83. The largest absolute Gasteiger partial charge is 0.322 e. The van der Waals surface area contributed by atoms with Crippen molar-refractivity contribution in [1.82, 2.24) is 4.31 Å². The number of hydrogen-bond acceptors (Lipinski definition) is 4. The molecule has 0 bridgehead atoms. The molecule has 1 fully saturated rings. The number of anilines is 1. The summed E-state index contributed by atoms with van der Waals surface area (Å²) < 4.78 is 27.3. The van der Waals surface area contributed by atoms with Gasteiger partial charge in [-0.25, -0.2) is 8.42 Å². The summed E-state index contributed by atoms with van der Waals surface area (Å²) in [4.78, 5) is 12.6. The zero-order valence-electron chi connectivity index (χ0n) is 15.1. The molecule has 2 aromatic rings. The lowest BCUT2D eigenvalue weighted by Gasteiger charge is -2.30. The Bertz CT molecular complexity index is 996. The lowest BCUT2D eigenvalue weighted by Crippen LogP contribution is -2.39. The van der Waals surface area contributed by atoms with Gasteiger partial charge in [-0.1, -0.05) is 19.1 Å². The Hall–Kier alpha value is -2.69. The predicted molar refractivity (Wildman–Crippen MR) is 103 cm³/mol. The molecule has 0 saturated carbocycles. The van der Waals surface area contributed by atoms with E-state index in [-0.39, 0.29) is 10.5 Å². The summed E-state index contributed by atoms with van der Waals surface area (Å²) >= 11 is 0. The van der Waals surface area contributed by atoms with Gasteiger partial charge < -0.3 is 5.32 Å². The topological polar surface area (TPSA) is 90.3 Å². The molecule has 0 aromatic heterocycles. The highest BCUT2D eigenvalue weighted by atomic mass is 32.2. The van der Waals surface area contributed by atoms with Crippen molar-refractivity contribution in [1.29, 1.82) is 5.26 Å². The monoisotopic (exact) mass is 383 g/mol. The number of sulfonamides is 1. The van der Waals surface area contributed by atoms with Crippen LogP contribution in [0.5, 0.6) is 0 Å². The quantitative estimate of drug-likeness (QED) is 0.878. The molecule has 6 nitrogen and oxygen atoms in total. The van der Waals surface area contributed by atoms with Crippen LogP contribution in [0.25, 0.3) is 0 Å². The van der Waals surface area contributed by atoms with Crippen LogP contribution in [-0.4, -0.2) is 31.7 Å². The van der Waals surface area contributed by atoms with Gasteiger partial charge in [0.2, 0.25) is 10.0 Å². The van der Waals surface area contributed by atoms with Gasteiger partial charge in [-0.05, 0) is 55.2 Å². The summed E-state index contributed by atoms with van der Waals surface area (Å²) in [6, 6.07) is 14.6. The van der Waals surface area contributed by atoms with E-state index in [1.807, 2.05) is 13.0 Å². The maximum absolute atomic E-state index is 12.9. The second kappa shape index (κ2) is 7.91. The van der Waals surface area contributed by atoms with Crippen molar-refractivity contribution in [3.8, 4) is 6.07 Å². The van der Waals surface area contributed by atoms with E-state index in [4.69, 9.17) is 5.26 Å². The fraction of sp³-hybridized carbons (Fsp3) is 0.300. The molecule has 1 heterocycles. The minimum absolute atomic E-state index is 0.120. The van der Waals surface area contributed by atoms with Crippen molar-refractivity contribution in [2.75, 3.05) is 18.4 Å². The molecule has 1 amide bonds. The number of benzene rings is 2. The Morgan fingerprint density at radius 3 is 2.74 bits per heavy atom. The predicted octanol–water partition coefficient (Wildman–Crippen LogP) is 3.23. The number of amides is 1. The molecular weight excluding hydrogens is 362 g/mol. The number of nitriles is 1. The van der Waals surface area contributed by atoms with Crippen LogP contribution in [0.3, 0.4) is 0 Å². The third kappa shape index (κ3) is 4.35. The molecule has 0 aliphatic carbocycles. The van der Waals surface area contributed by atoms with Crippen molar-refractivity contribution in [2.45, 2.75) is 24.7 Å². The minimum atomic E-state index is -3.62. The molecular formula is C20H21N3O3S. The number of nitrogens with zero attached hydrogens (tertiary/aromatic N) is 2. The first-order valence-corrected chi connectivity index (χ1v) is 10.3. The molecule has 7 heteroatoms. The third-order valence-electron chi connectivity index (χ3n) is 4.60. The van der Waals surface area contributed by atoms with Crippen LogP contribution in [0.2, 0.25) is 0 Å². The summed E-state index contributed by atoms with van der Waals surface area (Å²) in [6.45, 7) is 3.05. The van der Waals surface area contributed by atoms with Crippen molar-refractivity contribution in [3.05, 3.63) is 59.7 Å². The van der Waals surface area contributed by atoms with Gasteiger partial charge >= 0.3 is 0 Å². The Morgan fingerprint density at radius 2 is 2.00 bits per heavy atom. The van der Waals surface area contributed by atoms with Crippen LogP contribution in [0.15, 0.2) is 53.4 Å². The van der Waals surface area contributed by atoms with E-state index < -0.39 is 15.9 Å². The van der Waals surface area contributed by atoms with E-state index in [9.17, 15) is 13.2 Å². The smallest absolute Gasteiger partial charge is 0.255 e. The molecule has 1 N–H and O–H groups in total. The van der Waals surface area contributed by atoms with Crippen molar-refractivity contribution in [2.24, 2.45) is 5.92 Å². The number of piperidine rings is 1. The van der Waals surface area contributed by atoms with E-state index in [0.29, 0.717) is 30.3 Å². The molecule has 1 aliphatic heterocycles. The number of hydrogen-bond donors (Lipinski definition) is 1. The van der Waals surface area contributed by atoms with Crippen LogP contribution < -0.4 is 5.32 Å².